The van der Waals surface area contributed by atoms with E-state index < -0.39 is 0 Å². The molecule has 32 heavy (non-hydrogen) atoms. The maximum atomic E-state index is 12.7. The molecule has 0 bridgehead atoms. The smallest absolute Gasteiger partial charge is 0.255 e. The van der Waals surface area contributed by atoms with Crippen molar-refractivity contribution in [1.29, 1.82) is 0 Å². The van der Waals surface area contributed by atoms with Gasteiger partial charge in [0.15, 0.2) is 5.96 Å². The lowest BCUT2D eigenvalue weighted by molar-refractivity contribution is 0.208. The lowest BCUT2D eigenvalue weighted by Gasteiger charge is -2.31. The Hall–Kier alpha value is -3.20. The van der Waals surface area contributed by atoms with Crippen LogP contribution in [0.1, 0.15) is 49.1 Å². The van der Waals surface area contributed by atoms with Crippen LogP contribution in [0.25, 0.3) is 0 Å². The van der Waals surface area contributed by atoms with Crippen LogP contribution in [0.5, 0.6) is 0 Å². The molecule has 0 aliphatic carbocycles. The van der Waals surface area contributed by atoms with Gasteiger partial charge in [0.1, 0.15) is 5.84 Å². The predicted octanol–water partition coefficient (Wildman–Crippen LogP) is 2.09. The minimum atomic E-state index is -0.0759. The van der Waals surface area contributed by atoms with E-state index in [9.17, 15) is 4.79 Å². The number of para-hydroxylation sites is 1. The van der Waals surface area contributed by atoms with Gasteiger partial charge in [0.25, 0.3) is 5.56 Å². The van der Waals surface area contributed by atoms with Gasteiger partial charge in [-0.15, -0.1) is 0 Å². The van der Waals surface area contributed by atoms with Crippen molar-refractivity contribution in [1.82, 2.24) is 14.9 Å². The second kappa shape index (κ2) is 10.4. The zero-order valence-electron chi connectivity index (χ0n) is 18.4. The summed E-state index contributed by atoms with van der Waals surface area (Å²) in [5.74, 6) is 1.57. The summed E-state index contributed by atoms with van der Waals surface area (Å²) < 4.78 is 0. The molecule has 1 aromatic heterocycles. The highest BCUT2D eigenvalue weighted by Crippen LogP contribution is 2.26. The Morgan fingerprint density at radius 1 is 1.16 bits per heavy atom. The van der Waals surface area contributed by atoms with Crippen molar-refractivity contribution in [3.8, 4) is 0 Å². The Morgan fingerprint density at radius 3 is 2.72 bits per heavy atom. The van der Waals surface area contributed by atoms with Crippen LogP contribution in [0.15, 0.2) is 45.2 Å². The third kappa shape index (κ3) is 5.73. The van der Waals surface area contributed by atoms with Gasteiger partial charge >= 0.3 is 0 Å². The van der Waals surface area contributed by atoms with Gasteiger partial charge < -0.3 is 21.7 Å². The molecule has 3 heterocycles. The van der Waals surface area contributed by atoms with Crippen molar-refractivity contribution < 1.29 is 0 Å². The summed E-state index contributed by atoms with van der Waals surface area (Å²) in [5.41, 5.74) is 13.6. The molecule has 4 rings (SSSR count). The van der Waals surface area contributed by atoms with Crippen molar-refractivity contribution in [3.05, 3.63) is 51.9 Å². The minimum absolute atomic E-state index is 0.0759. The molecule has 9 nitrogen and oxygen atoms in total. The lowest BCUT2D eigenvalue weighted by Crippen LogP contribution is -2.35. The van der Waals surface area contributed by atoms with Crippen molar-refractivity contribution in [2.75, 3.05) is 31.5 Å². The first kappa shape index (κ1) is 22.0. The van der Waals surface area contributed by atoms with E-state index in [0.717, 1.165) is 68.8 Å². The number of nitrogens with one attached hydrogen (secondary N) is 2. The summed E-state index contributed by atoms with van der Waals surface area (Å²) in [6.45, 7) is 3.79. The van der Waals surface area contributed by atoms with Gasteiger partial charge in [0.2, 0.25) is 5.95 Å². The fourth-order valence-corrected chi connectivity index (χ4v) is 4.41. The number of amidine groups is 1. The Morgan fingerprint density at radius 2 is 1.97 bits per heavy atom. The fraction of sp³-hybridized carbons (Fsp3) is 0.478. The molecule has 2 aliphatic rings. The molecule has 0 saturated carbocycles. The lowest BCUT2D eigenvalue weighted by atomic mass is 9.91. The van der Waals surface area contributed by atoms with Crippen LogP contribution in [-0.2, 0) is 6.42 Å². The molecule has 0 spiro atoms. The first-order valence-electron chi connectivity index (χ1n) is 11.4. The number of aromatic nitrogens is 2. The number of hydrogen-bond donors (Lipinski definition) is 4. The number of piperidine rings is 1. The summed E-state index contributed by atoms with van der Waals surface area (Å²) in [6, 6.07) is 8.10. The molecular formula is C23H32N8O. The monoisotopic (exact) mass is 436 g/mol. The molecular weight excluding hydrogens is 404 g/mol. The van der Waals surface area contributed by atoms with Gasteiger partial charge in [-0.1, -0.05) is 24.6 Å². The third-order valence-electron chi connectivity index (χ3n) is 6.16. The average Bonchev–Trinajstić information content (AvgIpc) is 3.19. The van der Waals surface area contributed by atoms with E-state index in [0.29, 0.717) is 18.9 Å². The highest BCUT2D eigenvalue weighted by Gasteiger charge is 2.23. The largest absolute Gasteiger partial charge is 0.370 e. The molecule has 0 atom stereocenters. The number of anilines is 1. The summed E-state index contributed by atoms with van der Waals surface area (Å²) in [6.07, 6.45) is 7.64. The second-order valence-electron chi connectivity index (χ2n) is 8.49. The first-order chi connectivity index (χ1) is 15.6. The van der Waals surface area contributed by atoms with E-state index in [-0.39, 0.29) is 17.4 Å². The number of rotatable bonds is 8. The molecule has 2 aromatic rings. The van der Waals surface area contributed by atoms with Gasteiger partial charge in [-0.2, -0.15) is 4.99 Å². The van der Waals surface area contributed by atoms with Crippen molar-refractivity contribution in [3.63, 3.8) is 0 Å². The van der Waals surface area contributed by atoms with Crippen LogP contribution >= 0.6 is 0 Å². The van der Waals surface area contributed by atoms with Crippen LogP contribution in [0.4, 0.5) is 11.6 Å². The molecule has 1 aromatic carbocycles. The number of benzene rings is 1. The number of guanidine groups is 1. The highest BCUT2D eigenvalue weighted by molar-refractivity contribution is 6.03. The SMILES string of the molecule is NC(N)=NCCCCCN1CCC(c2cnc(N=C3Cc4ccccc4N3)[nH]c2=O)CC1. The number of nitrogens with zero attached hydrogens (tertiary/aromatic N) is 4. The normalized spacial score (nSPS) is 17.8. The Labute approximate surface area is 188 Å². The second-order valence-corrected chi connectivity index (χ2v) is 8.49. The predicted molar refractivity (Wildman–Crippen MR) is 129 cm³/mol. The first-order valence-corrected chi connectivity index (χ1v) is 11.4. The van der Waals surface area contributed by atoms with Gasteiger partial charge in [-0.05, 0) is 62.9 Å². The van der Waals surface area contributed by atoms with E-state index in [1.807, 2.05) is 18.2 Å². The van der Waals surface area contributed by atoms with Crippen LogP contribution in [0.3, 0.4) is 0 Å². The molecule has 9 heteroatoms. The minimum Gasteiger partial charge on any atom is -0.370 e. The van der Waals surface area contributed by atoms with Crippen LogP contribution < -0.4 is 22.3 Å². The molecule has 0 amide bonds. The molecule has 0 unspecified atom stereocenters. The maximum Gasteiger partial charge on any atom is 0.255 e. The summed E-state index contributed by atoms with van der Waals surface area (Å²) in [7, 11) is 0. The van der Waals surface area contributed by atoms with Crippen LogP contribution in [0, 0.1) is 0 Å². The van der Waals surface area contributed by atoms with Gasteiger partial charge in [-0.3, -0.25) is 14.8 Å². The number of H-pyrrole nitrogens is 1. The number of fused-ring (bicyclic) bond motifs is 1. The topological polar surface area (TPSA) is 138 Å². The highest BCUT2D eigenvalue weighted by atomic mass is 16.1. The van der Waals surface area contributed by atoms with Gasteiger partial charge in [0.05, 0.1) is 0 Å². The molecule has 0 radical (unpaired) electrons. The fourth-order valence-electron chi connectivity index (χ4n) is 4.41. The third-order valence-corrected chi connectivity index (χ3v) is 6.16. The zero-order valence-corrected chi connectivity index (χ0v) is 18.4. The number of aliphatic imine (C=N–C) groups is 2. The molecule has 170 valence electrons. The van der Waals surface area contributed by atoms with Crippen LogP contribution in [-0.4, -0.2) is 52.8 Å². The number of aromatic amines is 1. The Balaban J connectivity index is 1.25. The molecule has 1 saturated heterocycles. The average molecular weight is 437 g/mol. The quantitative estimate of drug-likeness (QED) is 0.284. The van der Waals surface area contributed by atoms with E-state index in [4.69, 9.17) is 11.5 Å². The number of unbranched alkanes of at least 4 members (excludes halogenated alkanes) is 2. The van der Waals surface area contributed by atoms with E-state index in [1.165, 1.54) is 5.56 Å². The van der Waals surface area contributed by atoms with Crippen molar-refractivity contribution in [2.45, 2.75) is 44.4 Å². The molecule has 6 N–H and O–H groups in total. The molecule has 2 aliphatic heterocycles. The number of hydrogen-bond acceptors (Lipinski definition) is 5. The van der Waals surface area contributed by atoms with Crippen LogP contribution in [0.2, 0.25) is 0 Å². The van der Waals surface area contributed by atoms with Gasteiger partial charge in [-0.25, -0.2) is 4.98 Å². The van der Waals surface area contributed by atoms with E-state index in [1.54, 1.807) is 6.20 Å². The zero-order chi connectivity index (χ0) is 22.3. The van der Waals surface area contributed by atoms with E-state index >= 15 is 0 Å². The number of likely N-dealkylation sites (tertiary alicyclic amines) is 1. The van der Waals surface area contributed by atoms with E-state index in [2.05, 4.69) is 36.2 Å². The Kier molecular flexibility index (Phi) is 7.16. The summed E-state index contributed by atoms with van der Waals surface area (Å²) in [4.78, 5) is 31.0. The maximum absolute atomic E-state index is 12.7. The van der Waals surface area contributed by atoms with Crippen molar-refractivity contribution in [2.24, 2.45) is 21.5 Å². The number of nitrogens with two attached hydrogens (primary N) is 2. The standard InChI is InChI=1S/C23H32N8O/c24-22(25)26-10-4-1-5-11-31-12-8-16(9-13-31)18-15-27-23(30-21(18)32)29-20-14-17-6-2-3-7-19(17)28-20/h2-3,6-7,15-16H,1,4-5,8-14H2,(H4,24,25,26)(H2,27,28,29,30,32). The van der Waals surface area contributed by atoms with Gasteiger partial charge in [0, 0.05) is 30.4 Å². The summed E-state index contributed by atoms with van der Waals surface area (Å²) >= 11 is 0. The summed E-state index contributed by atoms with van der Waals surface area (Å²) in [5, 5.41) is 3.28. The Bertz CT molecular complexity index is 1010. The van der Waals surface area contributed by atoms with Crippen molar-refractivity contribution >= 4 is 23.4 Å². The molecule has 1 fully saturated rings.